The Balaban J connectivity index is 0.00000240. The molecule has 6 nitrogen and oxygen atoms in total. The van der Waals surface area contributed by atoms with Gasteiger partial charge in [-0.3, -0.25) is 4.21 Å². The fourth-order valence-electron chi connectivity index (χ4n) is 3.05. The Morgan fingerprint density at radius 2 is 2.10 bits per heavy atom. The van der Waals surface area contributed by atoms with Crippen molar-refractivity contribution in [2.75, 3.05) is 11.5 Å². The van der Waals surface area contributed by atoms with Crippen molar-refractivity contribution in [1.82, 2.24) is 19.5 Å². The number of nitrogens with two attached hydrogens (primary N) is 1. The SMILES string of the molecule is CCCC[S@](=O)c1sc2nc(-c3nccs3)cc(-c3cnc(C)n3C)c2c1N.Cl. The van der Waals surface area contributed by atoms with Crippen LogP contribution in [0.2, 0.25) is 0 Å². The molecular formula is C19H22ClN5OS3. The van der Waals surface area contributed by atoms with Crippen LogP contribution in [-0.2, 0) is 17.8 Å². The summed E-state index contributed by atoms with van der Waals surface area (Å²) in [4.78, 5) is 14.4. The average Bonchev–Trinajstić information content (AvgIpc) is 3.41. The molecule has 0 fully saturated rings. The summed E-state index contributed by atoms with van der Waals surface area (Å²) in [5.74, 6) is 1.53. The van der Waals surface area contributed by atoms with Gasteiger partial charge in [-0.25, -0.2) is 15.0 Å². The zero-order valence-corrected chi connectivity index (χ0v) is 19.6. The van der Waals surface area contributed by atoms with Crippen molar-refractivity contribution in [3.05, 3.63) is 29.7 Å². The summed E-state index contributed by atoms with van der Waals surface area (Å²) in [6, 6.07) is 2.01. The zero-order valence-electron chi connectivity index (χ0n) is 16.3. The third-order valence-corrected chi connectivity index (χ3v) is 8.49. The van der Waals surface area contributed by atoms with E-state index in [9.17, 15) is 4.21 Å². The molecule has 1 atom stereocenters. The lowest BCUT2D eigenvalue weighted by molar-refractivity contribution is 0.681. The second-order valence-corrected chi connectivity index (χ2v) is 10.2. The van der Waals surface area contributed by atoms with Crippen LogP contribution in [0.3, 0.4) is 0 Å². The first-order valence-corrected chi connectivity index (χ1v) is 12.0. The molecule has 29 heavy (non-hydrogen) atoms. The minimum Gasteiger partial charge on any atom is -0.396 e. The van der Waals surface area contributed by atoms with Crippen LogP contribution in [-0.4, -0.2) is 29.5 Å². The Kier molecular flexibility index (Phi) is 6.72. The highest BCUT2D eigenvalue weighted by Crippen LogP contribution is 2.43. The molecule has 10 heteroatoms. The summed E-state index contributed by atoms with van der Waals surface area (Å²) in [6.07, 6.45) is 5.53. The number of unbranched alkanes of at least 4 members (excludes halogenated alkanes) is 1. The Morgan fingerprint density at radius 3 is 2.72 bits per heavy atom. The van der Waals surface area contributed by atoms with Crippen molar-refractivity contribution < 1.29 is 4.21 Å². The predicted octanol–water partition coefficient (Wildman–Crippen LogP) is 5.04. The van der Waals surface area contributed by atoms with Crippen LogP contribution >= 0.6 is 35.1 Å². The maximum atomic E-state index is 12.8. The molecule has 4 aromatic rings. The van der Waals surface area contributed by atoms with E-state index in [1.165, 1.54) is 11.3 Å². The molecule has 4 heterocycles. The summed E-state index contributed by atoms with van der Waals surface area (Å²) in [5, 5.41) is 3.64. The third kappa shape index (κ3) is 3.96. The van der Waals surface area contributed by atoms with E-state index in [1.807, 2.05) is 36.2 Å². The standard InChI is InChI=1S/C19H21N5OS3.ClH/c1-4-5-8-28(25)19-16(20)15-12(14-10-22-11(2)24(14)3)9-13(23-18(15)27-19)17-21-6-7-26-17;/h6-7,9-10H,4-5,8,20H2,1-3H3;1H/t28-;/m0./s1. The Morgan fingerprint density at radius 1 is 1.31 bits per heavy atom. The minimum absolute atomic E-state index is 0. The second kappa shape index (κ2) is 8.91. The van der Waals surface area contributed by atoms with Crippen molar-refractivity contribution in [2.24, 2.45) is 7.05 Å². The Bertz CT molecular complexity index is 1170. The number of aryl methyl sites for hydroxylation is 1. The first-order chi connectivity index (χ1) is 13.5. The van der Waals surface area contributed by atoms with Gasteiger partial charge in [0.25, 0.3) is 0 Å². The molecule has 0 amide bonds. The van der Waals surface area contributed by atoms with Gasteiger partial charge in [-0.1, -0.05) is 13.3 Å². The molecule has 4 aromatic heterocycles. The molecule has 0 aliphatic rings. The number of anilines is 1. The number of rotatable bonds is 6. The van der Waals surface area contributed by atoms with E-state index < -0.39 is 10.8 Å². The van der Waals surface area contributed by atoms with E-state index in [0.717, 1.165) is 50.8 Å². The van der Waals surface area contributed by atoms with E-state index in [-0.39, 0.29) is 12.4 Å². The lowest BCUT2D eigenvalue weighted by Crippen LogP contribution is -2.00. The van der Waals surface area contributed by atoms with Crippen molar-refractivity contribution >= 4 is 61.8 Å². The summed E-state index contributed by atoms with van der Waals surface area (Å²) in [5.41, 5.74) is 9.78. The molecule has 4 rings (SSSR count). The molecule has 0 spiro atoms. The van der Waals surface area contributed by atoms with E-state index in [1.54, 1.807) is 17.5 Å². The van der Waals surface area contributed by atoms with Crippen LogP contribution in [0.4, 0.5) is 5.69 Å². The lowest BCUT2D eigenvalue weighted by atomic mass is 10.1. The molecule has 2 N–H and O–H groups in total. The number of hydrogen-bond acceptors (Lipinski definition) is 7. The van der Waals surface area contributed by atoms with Crippen molar-refractivity contribution in [1.29, 1.82) is 0 Å². The maximum absolute atomic E-state index is 12.8. The molecule has 0 radical (unpaired) electrons. The van der Waals surface area contributed by atoms with Crippen molar-refractivity contribution in [2.45, 2.75) is 30.9 Å². The Hall–Kier alpha value is -1.81. The van der Waals surface area contributed by atoms with Crippen molar-refractivity contribution in [3.63, 3.8) is 0 Å². The normalized spacial score (nSPS) is 12.2. The molecule has 0 unspecified atom stereocenters. The van der Waals surface area contributed by atoms with Gasteiger partial charge in [0.05, 0.1) is 28.4 Å². The van der Waals surface area contributed by atoms with Gasteiger partial charge < -0.3 is 10.3 Å². The molecular weight excluding hydrogens is 446 g/mol. The molecule has 0 saturated carbocycles. The maximum Gasteiger partial charge on any atom is 0.141 e. The van der Waals surface area contributed by atoms with Gasteiger partial charge in [0.15, 0.2) is 0 Å². The predicted molar refractivity (Wildman–Crippen MR) is 126 cm³/mol. The van der Waals surface area contributed by atoms with Crippen LogP contribution in [0, 0.1) is 6.92 Å². The summed E-state index contributed by atoms with van der Waals surface area (Å²) in [6.45, 7) is 4.06. The summed E-state index contributed by atoms with van der Waals surface area (Å²) in [7, 11) is 0.864. The van der Waals surface area contributed by atoms with Gasteiger partial charge in [-0.15, -0.1) is 35.1 Å². The number of fused-ring (bicyclic) bond motifs is 1. The highest BCUT2D eigenvalue weighted by atomic mass is 35.5. The number of nitrogen functional groups attached to an aromatic ring is 1. The van der Waals surface area contributed by atoms with Gasteiger partial charge in [0.2, 0.25) is 0 Å². The first-order valence-electron chi connectivity index (χ1n) is 9.01. The topological polar surface area (TPSA) is 86.7 Å². The number of nitrogens with zero attached hydrogens (tertiary/aromatic N) is 4. The number of pyridine rings is 1. The fourth-order valence-corrected chi connectivity index (χ4v) is 6.45. The van der Waals surface area contributed by atoms with Gasteiger partial charge in [0.1, 0.15) is 25.6 Å². The lowest BCUT2D eigenvalue weighted by Gasteiger charge is -2.08. The quantitative estimate of drug-likeness (QED) is 0.429. The number of halogens is 1. The zero-order chi connectivity index (χ0) is 19.8. The van der Waals surface area contributed by atoms with Gasteiger partial charge in [-0.05, 0) is 19.4 Å². The molecule has 0 aliphatic heterocycles. The van der Waals surface area contributed by atoms with Crippen LogP contribution in [0.1, 0.15) is 25.6 Å². The smallest absolute Gasteiger partial charge is 0.141 e. The van der Waals surface area contributed by atoms with Crippen molar-refractivity contribution in [3.8, 4) is 22.0 Å². The molecule has 0 aliphatic carbocycles. The number of thiazole rings is 1. The first kappa shape index (κ1) is 21.9. The minimum atomic E-state index is -1.12. The monoisotopic (exact) mass is 467 g/mol. The number of imidazole rings is 1. The van der Waals surface area contributed by atoms with E-state index >= 15 is 0 Å². The van der Waals surface area contributed by atoms with Crippen LogP contribution in [0.15, 0.2) is 28.0 Å². The van der Waals surface area contributed by atoms with E-state index in [0.29, 0.717) is 15.6 Å². The van der Waals surface area contributed by atoms with Gasteiger partial charge >= 0.3 is 0 Å². The highest BCUT2D eigenvalue weighted by molar-refractivity contribution is 7.87. The molecule has 0 saturated heterocycles. The average molecular weight is 468 g/mol. The molecule has 154 valence electrons. The number of aromatic nitrogens is 4. The Labute approximate surface area is 186 Å². The van der Waals surface area contributed by atoms with Crippen LogP contribution in [0.25, 0.3) is 32.2 Å². The number of thiophene rings is 1. The van der Waals surface area contributed by atoms with E-state index in [2.05, 4.69) is 16.9 Å². The van der Waals surface area contributed by atoms with Gasteiger partial charge in [-0.2, -0.15) is 0 Å². The second-order valence-electron chi connectivity index (χ2n) is 6.53. The van der Waals surface area contributed by atoms with E-state index in [4.69, 9.17) is 10.7 Å². The van der Waals surface area contributed by atoms with Gasteiger partial charge in [0, 0.05) is 35.3 Å². The van der Waals surface area contributed by atoms with Crippen LogP contribution < -0.4 is 5.73 Å². The molecule has 0 bridgehead atoms. The van der Waals surface area contributed by atoms with Crippen LogP contribution in [0.5, 0.6) is 0 Å². The number of hydrogen-bond donors (Lipinski definition) is 1. The molecule has 0 aromatic carbocycles. The summed E-state index contributed by atoms with van der Waals surface area (Å²) >= 11 is 2.97. The fraction of sp³-hybridized carbons (Fsp3) is 0.316. The largest absolute Gasteiger partial charge is 0.396 e. The summed E-state index contributed by atoms with van der Waals surface area (Å²) < 4.78 is 15.6. The highest BCUT2D eigenvalue weighted by Gasteiger charge is 2.22. The third-order valence-electron chi connectivity index (χ3n) is 4.70.